The maximum atomic E-state index is 13.3. The van der Waals surface area contributed by atoms with Crippen LogP contribution in [0.3, 0.4) is 0 Å². The molecule has 38 heavy (non-hydrogen) atoms. The van der Waals surface area contributed by atoms with Crippen LogP contribution in [0, 0.1) is 11.3 Å². The number of anilines is 3. The van der Waals surface area contributed by atoms with Gasteiger partial charge in [-0.05, 0) is 30.9 Å². The molecule has 4 heterocycles. The molecule has 1 atom stereocenters. The maximum absolute atomic E-state index is 13.3. The Morgan fingerprint density at radius 1 is 1.32 bits per heavy atom. The molecule has 0 bridgehead atoms. The van der Waals surface area contributed by atoms with Crippen LogP contribution in [0.4, 0.5) is 22.1 Å². The van der Waals surface area contributed by atoms with E-state index in [0.29, 0.717) is 60.7 Å². The molecule has 4 rings (SSSR count). The number of rotatable bonds is 8. The van der Waals surface area contributed by atoms with E-state index in [9.17, 15) is 19.6 Å². The molecule has 2 aliphatic heterocycles. The van der Waals surface area contributed by atoms with Gasteiger partial charge in [0.1, 0.15) is 30.0 Å². The summed E-state index contributed by atoms with van der Waals surface area (Å²) in [7, 11) is 4.74. The number of nitriles is 1. The zero-order valence-corrected chi connectivity index (χ0v) is 21.8. The topological polar surface area (TPSA) is 141 Å². The molecule has 12 nitrogen and oxygen atoms in total. The Hall–Kier alpha value is -4.08. The van der Waals surface area contributed by atoms with Crippen molar-refractivity contribution in [1.29, 1.82) is 5.26 Å². The number of methoxy groups -OCH3 is 2. The monoisotopic (exact) mass is 521 g/mol. The molecule has 1 fully saturated rings. The maximum Gasteiger partial charge on any atom is 0.328 e. The summed E-state index contributed by atoms with van der Waals surface area (Å²) in [4.78, 5) is 51.1. The summed E-state index contributed by atoms with van der Waals surface area (Å²) in [5.41, 5.74) is 2.69. The first kappa shape index (κ1) is 27.0. The van der Waals surface area contributed by atoms with Crippen LogP contribution in [0.2, 0.25) is 0 Å². The Balaban J connectivity index is 1.55. The second kappa shape index (κ2) is 12.0. The predicted molar refractivity (Wildman–Crippen MR) is 139 cm³/mol. The van der Waals surface area contributed by atoms with Crippen molar-refractivity contribution in [3.8, 4) is 6.07 Å². The van der Waals surface area contributed by atoms with Crippen molar-refractivity contribution in [2.45, 2.75) is 31.9 Å². The summed E-state index contributed by atoms with van der Waals surface area (Å²) < 4.78 is 10.3. The summed E-state index contributed by atoms with van der Waals surface area (Å²) in [5, 5.41) is 12.4. The third-order valence-corrected chi connectivity index (χ3v) is 6.79. The summed E-state index contributed by atoms with van der Waals surface area (Å²) in [6, 6.07) is 5.26. The Morgan fingerprint density at radius 3 is 2.82 bits per heavy atom. The summed E-state index contributed by atoms with van der Waals surface area (Å²) in [6.45, 7) is 1.93. The normalized spacial score (nSPS) is 16.5. The van der Waals surface area contributed by atoms with Crippen molar-refractivity contribution >= 4 is 35.5 Å². The minimum Gasteiger partial charge on any atom is -0.380 e. The third kappa shape index (κ3) is 5.74. The lowest BCUT2D eigenvalue weighted by atomic mass is 10.0. The van der Waals surface area contributed by atoms with E-state index in [-0.39, 0.29) is 30.9 Å². The highest BCUT2D eigenvalue weighted by atomic mass is 16.5. The average molecular weight is 522 g/mol. The van der Waals surface area contributed by atoms with Crippen molar-refractivity contribution in [3.05, 3.63) is 40.7 Å². The number of aryl methyl sites for hydroxylation is 1. The first-order valence-corrected chi connectivity index (χ1v) is 12.4. The van der Waals surface area contributed by atoms with Gasteiger partial charge < -0.3 is 19.3 Å². The quantitative estimate of drug-likeness (QED) is 0.516. The highest BCUT2D eigenvalue weighted by Crippen LogP contribution is 2.30. The number of amides is 3. The Kier molecular flexibility index (Phi) is 8.50. The molecule has 0 aliphatic carbocycles. The molecule has 1 N–H and O–H groups in total. The van der Waals surface area contributed by atoms with E-state index in [2.05, 4.69) is 21.4 Å². The number of fused-ring (bicyclic) bond motifs is 1. The second-order valence-electron chi connectivity index (χ2n) is 9.29. The van der Waals surface area contributed by atoms with Gasteiger partial charge in [-0.2, -0.15) is 5.26 Å². The fraction of sp³-hybridized carbons (Fsp3) is 0.462. The van der Waals surface area contributed by atoms with E-state index in [1.165, 1.54) is 23.1 Å². The molecule has 2 aromatic heterocycles. The van der Waals surface area contributed by atoms with Crippen LogP contribution >= 0.6 is 0 Å². The van der Waals surface area contributed by atoms with Crippen LogP contribution in [0.5, 0.6) is 0 Å². The van der Waals surface area contributed by atoms with Gasteiger partial charge in [-0.1, -0.05) is 0 Å². The molecule has 0 radical (unpaired) electrons. The van der Waals surface area contributed by atoms with Gasteiger partial charge in [0, 0.05) is 65.3 Å². The van der Waals surface area contributed by atoms with Gasteiger partial charge in [-0.25, -0.2) is 14.8 Å². The van der Waals surface area contributed by atoms with E-state index >= 15 is 0 Å². The van der Waals surface area contributed by atoms with Gasteiger partial charge in [-0.15, -0.1) is 0 Å². The van der Waals surface area contributed by atoms with Crippen LogP contribution in [0.25, 0.3) is 0 Å². The molecule has 200 valence electrons. The highest BCUT2D eigenvalue weighted by Gasteiger charge is 2.28. The van der Waals surface area contributed by atoms with Crippen molar-refractivity contribution in [1.82, 2.24) is 14.9 Å². The number of carbonyl (C=O) groups is 3. The fourth-order valence-electron chi connectivity index (χ4n) is 4.74. The number of pyridine rings is 2. The van der Waals surface area contributed by atoms with Gasteiger partial charge in [0.25, 0.3) is 0 Å². The van der Waals surface area contributed by atoms with Gasteiger partial charge >= 0.3 is 6.03 Å². The third-order valence-electron chi connectivity index (χ3n) is 6.79. The number of hydrogen-bond acceptors (Lipinski definition) is 9. The van der Waals surface area contributed by atoms with Gasteiger partial charge in [0.15, 0.2) is 6.29 Å². The fourth-order valence-corrected chi connectivity index (χ4v) is 4.74. The van der Waals surface area contributed by atoms with Crippen molar-refractivity contribution in [2.24, 2.45) is 0 Å². The first-order chi connectivity index (χ1) is 18.4. The minimum atomic E-state index is -0.435. The van der Waals surface area contributed by atoms with Gasteiger partial charge in [0.2, 0.25) is 5.91 Å². The standard InChI is InChI=1S/C26H31N7O5/c1-31(24(35)16-37-2)13-18-9-17-5-4-7-33(25(17)29-21(18)15-34)26(36)30-23-10-22(19(11-27)12-28-23)32-8-6-20(14-32)38-3/h9-10,12,15,20H,4-8,13-14,16H2,1-3H3,(H,28,30,36)/t20-/m0/s1. The van der Waals surface area contributed by atoms with Crippen molar-refractivity contribution in [3.63, 3.8) is 0 Å². The molecule has 12 heteroatoms. The number of likely N-dealkylation sites (N-methyl/N-ethyl adjacent to an activating group) is 1. The molecule has 3 amide bonds. The lowest BCUT2D eigenvalue weighted by molar-refractivity contribution is -0.134. The first-order valence-electron chi connectivity index (χ1n) is 12.4. The van der Waals surface area contributed by atoms with Crippen LogP contribution in [-0.4, -0.2) is 86.7 Å². The molecule has 0 aromatic carbocycles. The molecule has 0 unspecified atom stereocenters. The minimum absolute atomic E-state index is 0.0605. The SMILES string of the molecule is COCC(=O)N(C)Cc1cc2c(nc1C=O)N(C(=O)Nc1cc(N3CC[C@H](OC)C3)c(C#N)cn1)CCC2. The predicted octanol–water partition coefficient (Wildman–Crippen LogP) is 1.98. The largest absolute Gasteiger partial charge is 0.380 e. The average Bonchev–Trinajstić information content (AvgIpc) is 3.41. The number of urea groups is 1. The zero-order chi connectivity index (χ0) is 27.2. The molecule has 0 saturated carbocycles. The van der Waals surface area contributed by atoms with E-state index in [0.717, 1.165) is 18.5 Å². The van der Waals surface area contributed by atoms with Crippen LogP contribution in [0.15, 0.2) is 18.3 Å². The Morgan fingerprint density at radius 2 is 2.13 bits per heavy atom. The Labute approximate surface area is 221 Å². The van der Waals surface area contributed by atoms with E-state index in [1.807, 2.05) is 11.0 Å². The van der Waals surface area contributed by atoms with Crippen molar-refractivity contribution in [2.75, 3.05) is 62.6 Å². The van der Waals surface area contributed by atoms with E-state index in [1.54, 1.807) is 20.2 Å². The zero-order valence-electron chi connectivity index (χ0n) is 21.8. The lowest BCUT2D eigenvalue weighted by Crippen LogP contribution is -2.40. The van der Waals surface area contributed by atoms with Crippen LogP contribution in [-0.2, 0) is 27.2 Å². The summed E-state index contributed by atoms with van der Waals surface area (Å²) >= 11 is 0. The molecule has 1 saturated heterocycles. The molecule has 2 aliphatic rings. The number of nitrogens with zero attached hydrogens (tertiary/aromatic N) is 6. The number of ether oxygens (including phenoxy) is 2. The molecule has 2 aromatic rings. The van der Waals surface area contributed by atoms with Crippen molar-refractivity contribution < 1.29 is 23.9 Å². The molecular formula is C26H31N7O5. The van der Waals surface area contributed by atoms with Crippen LogP contribution in [0.1, 0.15) is 40.0 Å². The smallest absolute Gasteiger partial charge is 0.328 e. The van der Waals surface area contributed by atoms with Crippen LogP contribution < -0.4 is 15.1 Å². The number of nitrogens with one attached hydrogen (secondary N) is 1. The van der Waals surface area contributed by atoms with Gasteiger partial charge in [0.05, 0.1) is 17.4 Å². The van der Waals surface area contributed by atoms with E-state index in [4.69, 9.17) is 9.47 Å². The highest BCUT2D eigenvalue weighted by molar-refractivity contribution is 6.02. The molecule has 0 spiro atoms. The second-order valence-corrected chi connectivity index (χ2v) is 9.29. The lowest BCUT2D eigenvalue weighted by Gasteiger charge is -2.29. The summed E-state index contributed by atoms with van der Waals surface area (Å²) in [5.74, 6) is 0.494. The number of hydrogen-bond donors (Lipinski definition) is 1. The summed E-state index contributed by atoms with van der Waals surface area (Å²) in [6.07, 6.45) is 4.40. The number of carbonyl (C=O) groups excluding carboxylic acids is 3. The molecular weight excluding hydrogens is 490 g/mol. The van der Waals surface area contributed by atoms with Gasteiger partial charge in [-0.3, -0.25) is 19.8 Å². The Bertz CT molecular complexity index is 1260. The van der Waals surface area contributed by atoms with E-state index < -0.39 is 6.03 Å². The number of aromatic nitrogens is 2. The number of aldehydes is 1.